The first kappa shape index (κ1) is 12.9. The van der Waals surface area contributed by atoms with Crippen molar-refractivity contribution in [2.75, 3.05) is 32.8 Å². The topological polar surface area (TPSA) is 43.7 Å². The minimum absolute atomic E-state index is 0.171. The first-order chi connectivity index (χ1) is 5.99. The van der Waals surface area contributed by atoms with Crippen LogP contribution in [-0.2, 0) is 0 Å². The normalized spacial score (nSPS) is 12.5. The van der Waals surface area contributed by atoms with E-state index in [0.29, 0.717) is 18.5 Å². The van der Waals surface area contributed by atoms with Gasteiger partial charge in [-0.3, -0.25) is 4.90 Å². The summed E-state index contributed by atoms with van der Waals surface area (Å²) >= 11 is 0. The maximum absolute atomic E-state index is 8.77. The molecule has 13 heavy (non-hydrogen) atoms. The van der Waals surface area contributed by atoms with Crippen molar-refractivity contribution >= 4 is 0 Å². The van der Waals surface area contributed by atoms with Crippen LogP contribution in [0.15, 0.2) is 0 Å². The second-order valence-corrected chi connectivity index (χ2v) is 4.60. The summed E-state index contributed by atoms with van der Waals surface area (Å²) in [7, 11) is 0. The third kappa shape index (κ3) is 8.22. The number of aliphatic hydroxyl groups is 2. The van der Waals surface area contributed by atoms with Gasteiger partial charge in [-0.1, -0.05) is 20.8 Å². The molecule has 0 saturated carbocycles. The number of nitrogens with zero attached hydrogens (tertiary/aromatic N) is 1. The minimum atomic E-state index is 0.171. The summed E-state index contributed by atoms with van der Waals surface area (Å²) in [5.74, 6) is 0. The molecule has 0 bridgehead atoms. The van der Waals surface area contributed by atoms with Crippen molar-refractivity contribution < 1.29 is 10.2 Å². The predicted molar refractivity (Wildman–Crippen MR) is 54.7 cm³/mol. The zero-order chi connectivity index (χ0) is 10.3. The lowest BCUT2D eigenvalue weighted by Crippen LogP contribution is -2.32. The third-order valence-electron chi connectivity index (χ3n) is 2.01. The van der Waals surface area contributed by atoms with Gasteiger partial charge in [0.25, 0.3) is 0 Å². The Morgan fingerprint density at radius 1 is 0.923 bits per heavy atom. The lowest BCUT2D eigenvalue weighted by molar-refractivity contribution is 0.147. The molecule has 0 fully saturated rings. The Kier molecular flexibility index (Phi) is 6.29. The summed E-state index contributed by atoms with van der Waals surface area (Å²) in [6.07, 6.45) is 1.09. The van der Waals surface area contributed by atoms with Crippen LogP contribution in [-0.4, -0.2) is 48.0 Å². The van der Waals surface area contributed by atoms with E-state index in [0.717, 1.165) is 13.0 Å². The van der Waals surface area contributed by atoms with Crippen LogP contribution in [0.25, 0.3) is 0 Å². The SMILES string of the molecule is CC(C)(C)CCN(CCO)CCO. The molecule has 0 aliphatic carbocycles. The lowest BCUT2D eigenvalue weighted by Gasteiger charge is -2.25. The van der Waals surface area contributed by atoms with Crippen molar-refractivity contribution in [2.24, 2.45) is 5.41 Å². The fraction of sp³-hybridized carbons (Fsp3) is 1.00. The molecule has 0 aromatic carbocycles. The van der Waals surface area contributed by atoms with Gasteiger partial charge in [0.1, 0.15) is 0 Å². The fourth-order valence-electron chi connectivity index (χ4n) is 1.11. The first-order valence-corrected chi connectivity index (χ1v) is 4.93. The molecule has 0 unspecified atom stereocenters. The van der Waals surface area contributed by atoms with E-state index in [4.69, 9.17) is 10.2 Å². The highest BCUT2D eigenvalue weighted by atomic mass is 16.3. The maximum atomic E-state index is 8.77. The van der Waals surface area contributed by atoms with E-state index in [-0.39, 0.29) is 13.2 Å². The predicted octanol–water partition coefficient (Wildman–Crippen LogP) is 0.709. The number of rotatable bonds is 6. The van der Waals surface area contributed by atoms with E-state index in [9.17, 15) is 0 Å². The Hall–Kier alpha value is -0.120. The van der Waals surface area contributed by atoms with Gasteiger partial charge in [-0.25, -0.2) is 0 Å². The molecule has 0 aliphatic heterocycles. The van der Waals surface area contributed by atoms with Crippen molar-refractivity contribution in [3.63, 3.8) is 0 Å². The van der Waals surface area contributed by atoms with E-state index in [1.165, 1.54) is 0 Å². The van der Waals surface area contributed by atoms with E-state index < -0.39 is 0 Å². The molecule has 0 aromatic rings. The second-order valence-electron chi connectivity index (χ2n) is 4.60. The molecular formula is C10H23NO2. The maximum Gasteiger partial charge on any atom is 0.0558 e. The number of hydrogen-bond donors (Lipinski definition) is 2. The van der Waals surface area contributed by atoms with Crippen molar-refractivity contribution in [2.45, 2.75) is 27.2 Å². The molecule has 2 N–H and O–H groups in total. The van der Waals surface area contributed by atoms with Crippen LogP contribution in [0.4, 0.5) is 0 Å². The van der Waals surface area contributed by atoms with Crippen LogP contribution >= 0.6 is 0 Å². The highest BCUT2D eigenvalue weighted by molar-refractivity contribution is 4.65. The summed E-state index contributed by atoms with van der Waals surface area (Å²) < 4.78 is 0. The van der Waals surface area contributed by atoms with Gasteiger partial charge >= 0.3 is 0 Å². The molecule has 0 heterocycles. The first-order valence-electron chi connectivity index (χ1n) is 4.93. The molecule has 80 valence electrons. The zero-order valence-corrected chi connectivity index (χ0v) is 9.08. The Labute approximate surface area is 81.4 Å². The molecule has 0 amide bonds. The fourth-order valence-corrected chi connectivity index (χ4v) is 1.11. The van der Waals surface area contributed by atoms with Crippen LogP contribution in [0.1, 0.15) is 27.2 Å². The molecule has 0 atom stereocenters. The molecule has 0 spiro atoms. The summed E-state index contributed by atoms with van der Waals surface area (Å²) in [5, 5.41) is 17.5. The van der Waals surface area contributed by atoms with Crippen molar-refractivity contribution in [3.8, 4) is 0 Å². The second kappa shape index (κ2) is 6.35. The smallest absolute Gasteiger partial charge is 0.0558 e. The molecule has 0 radical (unpaired) electrons. The van der Waals surface area contributed by atoms with Gasteiger partial charge in [0, 0.05) is 13.1 Å². The summed E-state index contributed by atoms with van der Waals surface area (Å²) in [5.41, 5.74) is 0.323. The van der Waals surface area contributed by atoms with Crippen molar-refractivity contribution in [1.29, 1.82) is 0 Å². The Morgan fingerprint density at radius 2 is 1.38 bits per heavy atom. The molecular weight excluding hydrogens is 166 g/mol. The zero-order valence-electron chi connectivity index (χ0n) is 9.08. The van der Waals surface area contributed by atoms with Gasteiger partial charge in [0.05, 0.1) is 13.2 Å². The largest absolute Gasteiger partial charge is 0.395 e. The Morgan fingerprint density at radius 3 is 1.69 bits per heavy atom. The molecule has 0 aliphatic rings. The molecule has 0 saturated heterocycles. The lowest BCUT2D eigenvalue weighted by atomic mass is 9.92. The molecule has 3 nitrogen and oxygen atoms in total. The molecule has 0 rings (SSSR count). The highest BCUT2D eigenvalue weighted by Gasteiger charge is 2.12. The molecule has 3 heteroatoms. The van der Waals surface area contributed by atoms with Crippen molar-refractivity contribution in [1.82, 2.24) is 4.90 Å². The summed E-state index contributed by atoms with van der Waals surface area (Å²) in [6.45, 7) is 9.21. The number of hydrogen-bond acceptors (Lipinski definition) is 3. The van der Waals surface area contributed by atoms with Crippen LogP contribution in [0.3, 0.4) is 0 Å². The van der Waals surface area contributed by atoms with E-state index in [1.54, 1.807) is 0 Å². The van der Waals surface area contributed by atoms with Crippen LogP contribution < -0.4 is 0 Å². The minimum Gasteiger partial charge on any atom is -0.395 e. The van der Waals surface area contributed by atoms with Crippen LogP contribution in [0.2, 0.25) is 0 Å². The molecule has 0 aromatic heterocycles. The standard InChI is InChI=1S/C10H23NO2/c1-10(2,3)4-5-11(6-8-12)7-9-13/h12-13H,4-9H2,1-3H3. The highest BCUT2D eigenvalue weighted by Crippen LogP contribution is 2.18. The van der Waals surface area contributed by atoms with Gasteiger partial charge in [0.15, 0.2) is 0 Å². The van der Waals surface area contributed by atoms with E-state index in [1.807, 2.05) is 0 Å². The average molecular weight is 189 g/mol. The van der Waals surface area contributed by atoms with E-state index in [2.05, 4.69) is 25.7 Å². The Balaban J connectivity index is 3.68. The van der Waals surface area contributed by atoms with Crippen LogP contribution in [0.5, 0.6) is 0 Å². The van der Waals surface area contributed by atoms with E-state index >= 15 is 0 Å². The van der Waals surface area contributed by atoms with Gasteiger partial charge in [0.2, 0.25) is 0 Å². The van der Waals surface area contributed by atoms with Gasteiger partial charge in [-0.2, -0.15) is 0 Å². The third-order valence-corrected chi connectivity index (χ3v) is 2.01. The monoisotopic (exact) mass is 189 g/mol. The van der Waals surface area contributed by atoms with Gasteiger partial charge in [-0.15, -0.1) is 0 Å². The van der Waals surface area contributed by atoms with Gasteiger partial charge < -0.3 is 10.2 Å². The summed E-state index contributed by atoms with van der Waals surface area (Å²) in [6, 6.07) is 0. The quantitative estimate of drug-likeness (QED) is 0.647. The Bertz CT molecular complexity index is 115. The summed E-state index contributed by atoms with van der Waals surface area (Å²) in [4.78, 5) is 2.09. The van der Waals surface area contributed by atoms with Crippen molar-refractivity contribution in [3.05, 3.63) is 0 Å². The average Bonchev–Trinajstić information content (AvgIpc) is 2.00. The number of aliphatic hydroxyl groups excluding tert-OH is 2. The van der Waals surface area contributed by atoms with Crippen LogP contribution in [0, 0.1) is 5.41 Å². The van der Waals surface area contributed by atoms with Gasteiger partial charge in [-0.05, 0) is 18.4 Å².